The Morgan fingerprint density at radius 2 is 1.52 bits per heavy atom. The first-order valence-corrected chi connectivity index (χ1v) is 10.1. The molecule has 0 aliphatic carbocycles. The van der Waals surface area contributed by atoms with Crippen molar-refractivity contribution in [2.24, 2.45) is 0 Å². The van der Waals surface area contributed by atoms with Gasteiger partial charge < -0.3 is 14.4 Å². The SMILES string of the molecule is O=C(OC(c1ccccc1)c1ccccc1)c1cc([N+](=O)[O-])ccc1N1CCOCC1. The van der Waals surface area contributed by atoms with Crippen LogP contribution in [0.25, 0.3) is 0 Å². The van der Waals surface area contributed by atoms with Gasteiger partial charge in [0.05, 0.1) is 29.4 Å². The van der Waals surface area contributed by atoms with Crippen molar-refractivity contribution in [3.63, 3.8) is 0 Å². The first-order chi connectivity index (χ1) is 15.1. The number of carbonyl (C=O) groups excluding carboxylic acids is 1. The van der Waals surface area contributed by atoms with Gasteiger partial charge in [-0.25, -0.2) is 4.79 Å². The molecule has 1 aliphatic rings. The summed E-state index contributed by atoms with van der Waals surface area (Å²) in [7, 11) is 0. The van der Waals surface area contributed by atoms with E-state index in [0.29, 0.717) is 32.0 Å². The highest BCUT2D eigenvalue weighted by Gasteiger charge is 2.26. The van der Waals surface area contributed by atoms with Gasteiger partial charge in [0.25, 0.3) is 5.69 Å². The summed E-state index contributed by atoms with van der Waals surface area (Å²) in [5.74, 6) is -0.608. The van der Waals surface area contributed by atoms with Crippen LogP contribution < -0.4 is 4.90 Å². The van der Waals surface area contributed by atoms with Crippen molar-refractivity contribution in [3.05, 3.63) is 106 Å². The van der Waals surface area contributed by atoms with Gasteiger partial charge in [0, 0.05) is 25.2 Å². The molecule has 158 valence electrons. The van der Waals surface area contributed by atoms with Crippen molar-refractivity contribution < 1.29 is 19.2 Å². The first kappa shape index (κ1) is 20.6. The molecule has 0 atom stereocenters. The number of anilines is 1. The van der Waals surface area contributed by atoms with E-state index in [1.54, 1.807) is 6.07 Å². The largest absolute Gasteiger partial charge is 0.449 e. The van der Waals surface area contributed by atoms with Crippen LogP contribution in [0.4, 0.5) is 11.4 Å². The summed E-state index contributed by atoms with van der Waals surface area (Å²) in [6, 6.07) is 23.2. The van der Waals surface area contributed by atoms with Gasteiger partial charge in [-0.1, -0.05) is 60.7 Å². The summed E-state index contributed by atoms with van der Waals surface area (Å²) in [5.41, 5.74) is 2.27. The minimum absolute atomic E-state index is 0.153. The maximum absolute atomic E-state index is 13.3. The average Bonchev–Trinajstić information content (AvgIpc) is 2.83. The number of carbonyl (C=O) groups is 1. The highest BCUT2D eigenvalue weighted by atomic mass is 16.6. The van der Waals surface area contributed by atoms with Gasteiger partial charge in [-0.3, -0.25) is 10.1 Å². The summed E-state index contributed by atoms with van der Waals surface area (Å²) >= 11 is 0. The zero-order valence-electron chi connectivity index (χ0n) is 16.8. The van der Waals surface area contributed by atoms with Gasteiger partial charge in [-0.05, 0) is 17.2 Å². The number of rotatable bonds is 6. The molecule has 3 aromatic rings. The number of nitrogens with zero attached hydrogens (tertiary/aromatic N) is 2. The molecule has 0 saturated carbocycles. The number of non-ortho nitro benzene ring substituents is 1. The van der Waals surface area contributed by atoms with Crippen molar-refractivity contribution in [2.45, 2.75) is 6.10 Å². The van der Waals surface area contributed by atoms with Crippen molar-refractivity contribution in [3.8, 4) is 0 Å². The molecule has 7 nitrogen and oxygen atoms in total. The van der Waals surface area contributed by atoms with Crippen LogP contribution in [0.2, 0.25) is 0 Å². The molecular formula is C24H22N2O5. The second-order valence-corrected chi connectivity index (χ2v) is 7.16. The van der Waals surface area contributed by atoms with Crippen LogP contribution >= 0.6 is 0 Å². The van der Waals surface area contributed by atoms with E-state index in [1.165, 1.54) is 12.1 Å². The third-order valence-electron chi connectivity index (χ3n) is 5.19. The molecular weight excluding hydrogens is 396 g/mol. The summed E-state index contributed by atoms with van der Waals surface area (Å²) < 4.78 is 11.4. The van der Waals surface area contributed by atoms with Crippen LogP contribution in [-0.2, 0) is 9.47 Å². The number of nitro groups is 1. The third-order valence-corrected chi connectivity index (χ3v) is 5.19. The number of morpholine rings is 1. The highest BCUT2D eigenvalue weighted by molar-refractivity contribution is 5.97. The van der Waals surface area contributed by atoms with Crippen LogP contribution in [-0.4, -0.2) is 37.2 Å². The summed E-state index contributed by atoms with van der Waals surface area (Å²) in [6.07, 6.45) is -0.633. The maximum atomic E-state index is 13.3. The molecule has 0 spiro atoms. The lowest BCUT2D eigenvalue weighted by molar-refractivity contribution is -0.384. The molecule has 3 aromatic carbocycles. The fraction of sp³-hybridized carbons (Fsp3) is 0.208. The van der Waals surface area contributed by atoms with E-state index in [-0.39, 0.29) is 11.3 Å². The van der Waals surface area contributed by atoms with Crippen LogP contribution in [0.1, 0.15) is 27.6 Å². The van der Waals surface area contributed by atoms with Gasteiger partial charge in [-0.2, -0.15) is 0 Å². The maximum Gasteiger partial charge on any atom is 0.341 e. The van der Waals surface area contributed by atoms with Crippen molar-refractivity contribution in [1.82, 2.24) is 0 Å². The van der Waals surface area contributed by atoms with Gasteiger partial charge in [-0.15, -0.1) is 0 Å². The zero-order valence-corrected chi connectivity index (χ0v) is 16.8. The second kappa shape index (κ2) is 9.40. The molecule has 1 saturated heterocycles. The predicted molar refractivity (Wildman–Crippen MR) is 116 cm³/mol. The molecule has 0 aromatic heterocycles. The second-order valence-electron chi connectivity index (χ2n) is 7.16. The van der Waals surface area contributed by atoms with E-state index >= 15 is 0 Å². The van der Waals surface area contributed by atoms with Gasteiger partial charge >= 0.3 is 5.97 Å². The molecule has 1 aliphatic heterocycles. The van der Waals surface area contributed by atoms with E-state index in [2.05, 4.69) is 0 Å². The van der Waals surface area contributed by atoms with E-state index in [1.807, 2.05) is 65.6 Å². The van der Waals surface area contributed by atoms with Crippen molar-refractivity contribution in [1.29, 1.82) is 0 Å². The van der Waals surface area contributed by atoms with Crippen molar-refractivity contribution in [2.75, 3.05) is 31.2 Å². The molecule has 0 unspecified atom stereocenters. The monoisotopic (exact) mass is 418 g/mol. The van der Waals surface area contributed by atoms with E-state index in [4.69, 9.17) is 9.47 Å². The Kier molecular flexibility index (Phi) is 6.24. The Balaban J connectivity index is 1.71. The third kappa shape index (κ3) is 4.73. The minimum Gasteiger partial charge on any atom is -0.449 e. The van der Waals surface area contributed by atoms with E-state index in [9.17, 15) is 14.9 Å². The normalized spacial score (nSPS) is 13.8. The lowest BCUT2D eigenvalue weighted by Gasteiger charge is -2.30. The fourth-order valence-corrected chi connectivity index (χ4v) is 3.64. The van der Waals surface area contributed by atoms with Gasteiger partial charge in [0.2, 0.25) is 0 Å². The zero-order chi connectivity index (χ0) is 21.6. The number of esters is 1. The highest BCUT2D eigenvalue weighted by Crippen LogP contribution is 2.31. The predicted octanol–water partition coefficient (Wildman–Crippen LogP) is 4.38. The van der Waals surface area contributed by atoms with Crippen molar-refractivity contribution >= 4 is 17.3 Å². The summed E-state index contributed by atoms with van der Waals surface area (Å²) in [5, 5.41) is 11.3. The molecule has 0 radical (unpaired) electrons. The van der Waals surface area contributed by atoms with Crippen LogP contribution in [0.3, 0.4) is 0 Å². The number of hydrogen-bond acceptors (Lipinski definition) is 6. The Hall–Kier alpha value is -3.71. The standard InChI is InChI=1S/C24H22N2O5/c27-24(31-23(18-7-3-1-4-8-18)19-9-5-2-6-10-19)21-17-20(26(28)29)11-12-22(21)25-13-15-30-16-14-25/h1-12,17,23H,13-16H2. The average molecular weight is 418 g/mol. The van der Waals surface area contributed by atoms with Gasteiger partial charge in [0.1, 0.15) is 0 Å². The van der Waals surface area contributed by atoms with Crippen LogP contribution in [0.15, 0.2) is 78.9 Å². The van der Waals surface area contributed by atoms with E-state index < -0.39 is 17.0 Å². The summed E-state index contributed by atoms with van der Waals surface area (Å²) in [6.45, 7) is 2.25. The number of hydrogen-bond donors (Lipinski definition) is 0. The quantitative estimate of drug-likeness (QED) is 0.336. The summed E-state index contributed by atoms with van der Waals surface area (Å²) in [4.78, 5) is 26.2. The molecule has 7 heteroatoms. The Labute approximate surface area is 180 Å². The van der Waals surface area contributed by atoms with E-state index in [0.717, 1.165) is 11.1 Å². The number of ether oxygens (including phenoxy) is 2. The Bertz CT molecular complexity index is 1010. The van der Waals surface area contributed by atoms with Crippen LogP contribution in [0.5, 0.6) is 0 Å². The smallest absolute Gasteiger partial charge is 0.341 e. The van der Waals surface area contributed by atoms with Crippen LogP contribution in [0, 0.1) is 10.1 Å². The fourth-order valence-electron chi connectivity index (χ4n) is 3.64. The molecule has 1 heterocycles. The minimum atomic E-state index is -0.633. The molecule has 4 rings (SSSR count). The number of benzene rings is 3. The topological polar surface area (TPSA) is 81.9 Å². The molecule has 1 fully saturated rings. The lowest BCUT2D eigenvalue weighted by Crippen LogP contribution is -2.37. The molecule has 0 bridgehead atoms. The van der Waals surface area contributed by atoms with Gasteiger partial charge in [0.15, 0.2) is 6.10 Å². The lowest BCUT2D eigenvalue weighted by atomic mass is 10.0. The Morgan fingerprint density at radius 1 is 0.935 bits per heavy atom. The molecule has 31 heavy (non-hydrogen) atoms. The first-order valence-electron chi connectivity index (χ1n) is 10.1. The molecule has 0 amide bonds. The molecule has 0 N–H and O–H groups in total. The number of nitro benzene ring substituents is 1. The Morgan fingerprint density at radius 3 is 2.06 bits per heavy atom.